The highest BCUT2D eigenvalue weighted by molar-refractivity contribution is 6.32. The zero-order valence-electron chi connectivity index (χ0n) is 20.8. The second-order valence-corrected chi connectivity index (χ2v) is 10.4. The molecule has 2 aromatic heterocycles. The lowest BCUT2D eigenvalue weighted by atomic mass is 9.86. The van der Waals surface area contributed by atoms with E-state index in [9.17, 15) is 4.79 Å². The molecule has 0 radical (unpaired) electrons. The van der Waals surface area contributed by atoms with Gasteiger partial charge >= 0.3 is 0 Å². The van der Waals surface area contributed by atoms with E-state index >= 15 is 0 Å². The molecule has 0 unspecified atom stereocenters. The van der Waals surface area contributed by atoms with Crippen LogP contribution in [0, 0.1) is 12.8 Å². The van der Waals surface area contributed by atoms with Crippen molar-refractivity contribution in [1.29, 1.82) is 0 Å². The first-order valence-electron chi connectivity index (χ1n) is 12.7. The second kappa shape index (κ2) is 11.0. The minimum atomic E-state index is -0.290. The molecule has 5 rings (SSSR count). The van der Waals surface area contributed by atoms with Crippen molar-refractivity contribution >= 4 is 40.2 Å². The normalized spacial score (nSPS) is 21.0. The molecule has 3 N–H and O–H groups in total. The molecule has 1 saturated heterocycles. The lowest BCUT2D eigenvalue weighted by molar-refractivity contribution is -0.126. The van der Waals surface area contributed by atoms with Crippen molar-refractivity contribution in [3.8, 4) is 0 Å². The highest BCUT2D eigenvalue weighted by Crippen LogP contribution is 2.28. The van der Waals surface area contributed by atoms with Gasteiger partial charge in [0.25, 0.3) is 0 Å². The standard InChI is InChI=1S/C27H33ClN6O2/c1-16-9-24-19(10-23(16)28)5-8-25(34-24)32-21-6-3-18(4-7-21)11-29-27-30-12-20(13-31-27)17(2)26(35)33-22-14-36-15-22/h5,8-10,12-13,17-18,21-22H,3-4,6-7,11,14-15H2,1-2H3,(H,32,34)(H,33,35)(H,29,30,31)/t17-,18?,21?/m0/s1. The SMILES string of the molecule is Cc1cc2nc(NC3CCC(CNc4ncc([C@H](C)C(=O)NC5COC5)cn4)CC3)ccc2cc1Cl. The number of rotatable bonds is 8. The number of benzene rings is 1. The Hall–Kier alpha value is -2.97. The van der Waals surface area contributed by atoms with Gasteiger partial charge in [-0.2, -0.15) is 0 Å². The molecule has 8 nitrogen and oxygen atoms in total. The van der Waals surface area contributed by atoms with E-state index in [1.165, 1.54) is 0 Å². The first kappa shape index (κ1) is 24.7. The lowest BCUT2D eigenvalue weighted by Crippen LogP contribution is -2.49. The number of halogens is 1. The molecule has 36 heavy (non-hydrogen) atoms. The molecule has 1 aliphatic heterocycles. The van der Waals surface area contributed by atoms with Crippen LogP contribution in [0.2, 0.25) is 5.02 Å². The Kier molecular flexibility index (Phi) is 7.53. The van der Waals surface area contributed by atoms with Crippen LogP contribution in [-0.4, -0.2) is 52.7 Å². The molecule has 1 aliphatic carbocycles. The van der Waals surface area contributed by atoms with Crippen molar-refractivity contribution in [2.24, 2.45) is 5.92 Å². The van der Waals surface area contributed by atoms with E-state index in [0.717, 1.165) is 65.1 Å². The monoisotopic (exact) mass is 508 g/mol. The van der Waals surface area contributed by atoms with Crippen molar-refractivity contribution in [3.05, 3.63) is 52.8 Å². The van der Waals surface area contributed by atoms with E-state index < -0.39 is 0 Å². The number of nitrogens with zero attached hydrogens (tertiary/aromatic N) is 3. The van der Waals surface area contributed by atoms with Gasteiger partial charge in [0, 0.05) is 41.0 Å². The number of pyridine rings is 1. The molecule has 1 amide bonds. The number of hydrogen-bond donors (Lipinski definition) is 3. The van der Waals surface area contributed by atoms with Gasteiger partial charge in [0.1, 0.15) is 5.82 Å². The van der Waals surface area contributed by atoms with E-state index in [1.54, 1.807) is 12.4 Å². The van der Waals surface area contributed by atoms with Crippen LogP contribution in [0.1, 0.15) is 49.7 Å². The van der Waals surface area contributed by atoms with Crippen molar-refractivity contribution in [2.75, 3.05) is 30.4 Å². The fraction of sp³-hybridized carbons (Fsp3) is 0.481. The Balaban J connectivity index is 1.06. The van der Waals surface area contributed by atoms with Gasteiger partial charge < -0.3 is 20.7 Å². The van der Waals surface area contributed by atoms with Crippen LogP contribution >= 0.6 is 11.6 Å². The Morgan fingerprint density at radius 3 is 2.56 bits per heavy atom. The molecule has 0 bridgehead atoms. The van der Waals surface area contributed by atoms with Gasteiger partial charge in [-0.25, -0.2) is 15.0 Å². The van der Waals surface area contributed by atoms with Crippen molar-refractivity contribution < 1.29 is 9.53 Å². The molecular weight excluding hydrogens is 476 g/mol. The van der Waals surface area contributed by atoms with Crippen LogP contribution in [0.15, 0.2) is 36.7 Å². The van der Waals surface area contributed by atoms with Gasteiger partial charge in [-0.3, -0.25) is 4.79 Å². The molecule has 1 saturated carbocycles. The fourth-order valence-corrected chi connectivity index (χ4v) is 4.91. The Morgan fingerprint density at radius 2 is 1.86 bits per heavy atom. The average molecular weight is 509 g/mol. The topological polar surface area (TPSA) is 101 Å². The van der Waals surface area contributed by atoms with Crippen LogP contribution in [0.25, 0.3) is 10.9 Å². The number of amides is 1. The van der Waals surface area contributed by atoms with Crippen LogP contribution in [0.5, 0.6) is 0 Å². The summed E-state index contributed by atoms with van der Waals surface area (Å²) < 4.78 is 5.11. The van der Waals surface area contributed by atoms with E-state index in [-0.39, 0.29) is 17.9 Å². The number of carbonyl (C=O) groups excluding carboxylic acids is 1. The minimum absolute atomic E-state index is 0.0172. The molecule has 2 aliphatic rings. The summed E-state index contributed by atoms with van der Waals surface area (Å²) in [4.78, 5) is 26.0. The maximum atomic E-state index is 12.3. The Bertz CT molecular complexity index is 1210. The predicted octanol–water partition coefficient (Wildman–Crippen LogP) is 4.69. The number of aryl methyl sites for hydroxylation is 1. The van der Waals surface area contributed by atoms with E-state index in [2.05, 4.69) is 32.0 Å². The molecule has 1 atom stereocenters. The Labute approximate surface area is 216 Å². The summed E-state index contributed by atoms with van der Waals surface area (Å²) in [6, 6.07) is 8.68. The van der Waals surface area contributed by atoms with Crippen LogP contribution in [0.3, 0.4) is 0 Å². The summed E-state index contributed by atoms with van der Waals surface area (Å²) in [5.41, 5.74) is 2.82. The second-order valence-electron chi connectivity index (χ2n) is 10.0. The number of anilines is 2. The third-order valence-electron chi connectivity index (χ3n) is 7.27. The first-order valence-corrected chi connectivity index (χ1v) is 13.1. The van der Waals surface area contributed by atoms with Gasteiger partial charge in [0.15, 0.2) is 0 Å². The first-order chi connectivity index (χ1) is 17.4. The summed E-state index contributed by atoms with van der Waals surface area (Å²) in [6.07, 6.45) is 7.95. The van der Waals surface area contributed by atoms with Crippen molar-refractivity contribution in [1.82, 2.24) is 20.3 Å². The minimum Gasteiger partial charge on any atom is -0.377 e. The molecule has 1 aromatic carbocycles. The van der Waals surface area contributed by atoms with Crippen molar-refractivity contribution in [2.45, 2.75) is 57.5 Å². The van der Waals surface area contributed by atoms with Gasteiger partial charge in [0.2, 0.25) is 11.9 Å². The zero-order valence-corrected chi connectivity index (χ0v) is 21.5. The third kappa shape index (κ3) is 5.87. The molecule has 3 heterocycles. The number of nitrogens with one attached hydrogen (secondary N) is 3. The zero-order chi connectivity index (χ0) is 25.1. The van der Waals surface area contributed by atoms with Crippen molar-refractivity contribution in [3.63, 3.8) is 0 Å². The highest BCUT2D eigenvalue weighted by atomic mass is 35.5. The van der Waals surface area contributed by atoms with Gasteiger partial charge in [-0.15, -0.1) is 0 Å². The molecular formula is C27H33ClN6O2. The summed E-state index contributed by atoms with van der Waals surface area (Å²) >= 11 is 6.24. The lowest BCUT2D eigenvalue weighted by Gasteiger charge is -2.29. The molecule has 190 valence electrons. The summed E-state index contributed by atoms with van der Waals surface area (Å²) in [5.74, 6) is 1.80. The van der Waals surface area contributed by atoms with Gasteiger partial charge in [-0.1, -0.05) is 11.6 Å². The van der Waals surface area contributed by atoms with Crippen LogP contribution < -0.4 is 16.0 Å². The summed E-state index contributed by atoms with van der Waals surface area (Å²) in [7, 11) is 0. The molecule has 3 aromatic rings. The predicted molar refractivity (Wildman–Crippen MR) is 143 cm³/mol. The van der Waals surface area contributed by atoms with Crippen LogP contribution in [0.4, 0.5) is 11.8 Å². The van der Waals surface area contributed by atoms with Gasteiger partial charge in [0.05, 0.1) is 30.7 Å². The highest BCUT2D eigenvalue weighted by Gasteiger charge is 2.25. The smallest absolute Gasteiger partial charge is 0.227 e. The Morgan fingerprint density at radius 1 is 1.11 bits per heavy atom. The quantitative estimate of drug-likeness (QED) is 0.406. The largest absolute Gasteiger partial charge is 0.377 e. The number of aromatic nitrogens is 3. The number of fused-ring (bicyclic) bond motifs is 1. The third-order valence-corrected chi connectivity index (χ3v) is 7.67. The van der Waals surface area contributed by atoms with E-state index in [4.69, 9.17) is 21.3 Å². The summed E-state index contributed by atoms with van der Waals surface area (Å²) in [6.45, 7) is 5.90. The van der Waals surface area contributed by atoms with E-state index in [1.807, 2.05) is 32.0 Å². The number of hydrogen-bond acceptors (Lipinski definition) is 7. The summed E-state index contributed by atoms with van der Waals surface area (Å²) in [5, 5.41) is 11.8. The number of carbonyl (C=O) groups is 1. The maximum absolute atomic E-state index is 12.3. The van der Waals surface area contributed by atoms with Crippen LogP contribution in [-0.2, 0) is 9.53 Å². The molecule has 2 fully saturated rings. The van der Waals surface area contributed by atoms with E-state index in [0.29, 0.717) is 31.1 Å². The molecule has 9 heteroatoms. The number of ether oxygens (including phenoxy) is 1. The maximum Gasteiger partial charge on any atom is 0.227 e. The van der Waals surface area contributed by atoms with Gasteiger partial charge in [-0.05, 0) is 75.3 Å². The average Bonchev–Trinajstić information content (AvgIpc) is 2.86. The molecule has 0 spiro atoms. The fourth-order valence-electron chi connectivity index (χ4n) is 4.73.